The maximum Gasteiger partial charge on any atom is 0.174 e. The predicted molar refractivity (Wildman–Crippen MR) is 66.0 cm³/mol. The molecular formula is C11H8ClN3S. The summed E-state index contributed by atoms with van der Waals surface area (Å²) in [4.78, 5) is 5.40. The van der Waals surface area contributed by atoms with Crippen LogP contribution in [-0.2, 0) is 0 Å². The van der Waals surface area contributed by atoms with Crippen molar-refractivity contribution >= 4 is 28.6 Å². The largest absolute Gasteiger partial charge is 0.236 e. The zero-order valence-corrected chi connectivity index (χ0v) is 10.1. The van der Waals surface area contributed by atoms with E-state index in [-0.39, 0.29) is 0 Å². The van der Waals surface area contributed by atoms with E-state index in [1.807, 2.05) is 24.4 Å². The third-order valence-corrected chi connectivity index (χ3v) is 3.73. The fraction of sp³-hybridized carbons (Fsp3) is 0.0909. The van der Waals surface area contributed by atoms with Crippen LogP contribution < -0.4 is 0 Å². The molecule has 0 spiro atoms. The molecule has 0 unspecified atom stereocenters. The molecule has 0 aliphatic rings. The summed E-state index contributed by atoms with van der Waals surface area (Å²) in [5.41, 5.74) is 2.54. The van der Waals surface area contributed by atoms with Crippen LogP contribution in [0.25, 0.3) is 16.2 Å². The lowest BCUT2D eigenvalue weighted by Crippen LogP contribution is -1.94. The zero-order valence-electron chi connectivity index (χ0n) is 8.51. The molecule has 3 aromatic rings. The lowest BCUT2D eigenvalue weighted by molar-refractivity contribution is 0.927. The van der Waals surface area contributed by atoms with Crippen molar-refractivity contribution in [2.24, 2.45) is 0 Å². The molecule has 0 amide bonds. The van der Waals surface area contributed by atoms with Gasteiger partial charge in [-0.05, 0) is 24.4 Å². The molecule has 0 fully saturated rings. The topological polar surface area (TPSA) is 30.2 Å². The van der Waals surface area contributed by atoms with Crippen LogP contribution in [0.3, 0.4) is 0 Å². The minimum Gasteiger partial charge on any atom is -0.236 e. The smallest absolute Gasteiger partial charge is 0.174 e. The van der Waals surface area contributed by atoms with E-state index < -0.39 is 0 Å². The average molecular weight is 250 g/mol. The second kappa shape index (κ2) is 3.57. The van der Waals surface area contributed by atoms with Crippen molar-refractivity contribution in [3.05, 3.63) is 40.5 Å². The van der Waals surface area contributed by atoms with Gasteiger partial charge in [-0.2, -0.15) is 5.10 Å². The number of hydrogen-bond donors (Lipinski definition) is 0. The van der Waals surface area contributed by atoms with Gasteiger partial charge in [0.15, 0.2) is 5.65 Å². The summed E-state index contributed by atoms with van der Waals surface area (Å²) in [5.74, 6) is 0. The van der Waals surface area contributed by atoms with E-state index >= 15 is 0 Å². The Labute approximate surface area is 101 Å². The highest BCUT2D eigenvalue weighted by Gasteiger charge is 2.12. The van der Waals surface area contributed by atoms with E-state index in [1.54, 1.807) is 22.0 Å². The van der Waals surface area contributed by atoms with Gasteiger partial charge in [-0.25, -0.2) is 9.50 Å². The van der Waals surface area contributed by atoms with Gasteiger partial charge in [0.05, 0.1) is 16.3 Å². The first-order chi connectivity index (χ1) is 7.77. The maximum absolute atomic E-state index is 6.13. The number of thiophene rings is 1. The molecule has 3 aromatic heterocycles. The molecule has 0 saturated heterocycles. The number of hydrogen-bond acceptors (Lipinski definition) is 3. The Hall–Kier alpha value is -1.39. The van der Waals surface area contributed by atoms with E-state index in [0.717, 1.165) is 16.3 Å². The summed E-state index contributed by atoms with van der Waals surface area (Å²) in [6, 6.07) is 6.02. The van der Waals surface area contributed by atoms with Gasteiger partial charge in [0.2, 0.25) is 0 Å². The molecule has 0 aliphatic carbocycles. The average Bonchev–Trinajstić information content (AvgIpc) is 2.89. The third-order valence-electron chi connectivity index (χ3n) is 2.40. The molecule has 3 nitrogen and oxygen atoms in total. The van der Waals surface area contributed by atoms with Gasteiger partial charge >= 0.3 is 0 Å². The van der Waals surface area contributed by atoms with Crippen molar-refractivity contribution in [1.82, 2.24) is 14.6 Å². The van der Waals surface area contributed by atoms with Crippen molar-refractivity contribution < 1.29 is 0 Å². The number of aromatic nitrogens is 3. The first kappa shape index (κ1) is 9.81. The summed E-state index contributed by atoms with van der Waals surface area (Å²) in [5, 5.41) is 7.06. The Morgan fingerprint density at radius 3 is 3.00 bits per heavy atom. The van der Waals surface area contributed by atoms with Crippen molar-refractivity contribution in [2.75, 3.05) is 0 Å². The van der Waals surface area contributed by atoms with Crippen LogP contribution in [0.15, 0.2) is 29.8 Å². The molecule has 0 radical (unpaired) electrons. The van der Waals surface area contributed by atoms with Crippen molar-refractivity contribution in [1.29, 1.82) is 0 Å². The lowest BCUT2D eigenvalue weighted by atomic mass is 10.3. The maximum atomic E-state index is 6.13. The monoisotopic (exact) mass is 249 g/mol. The van der Waals surface area contributed by atoms with Crippen molar-refractivity contribution in [3.63, 3.8) is 0 Å². The molecule has 16 heavy (non-hydrogen) atoms. The molecule has 5 heteroatoms. The van der Waals surface area contributed by atoms with Gasteiger partial charge in [0.25, 0.3) is 0 Å². The van der Waals surface area contributed by atoms with Crippen molar-refractivity contribution in [3.8, 4) is 10.6 Å². The first-order valence-corrected chi connectivity index (χ1v) is 6.07. The predicted octanol–water partition coefficient (Wildman–Crippen LogP) is 3.42. The van der Waals surface area contributed by atoms with Crippen LogP contribution in [-0.4, -0.2) is 14.6 Å². The number of fused-ring (bicyclic) bond motifs is 1. The first-order valence-electron chi connectivity index (χ1n) is 4.81. The Morgan fingerprint density at radius 2 is 2.25 bits per heavy atom. The molecular weight excluding hydrogens is 242 g/mol. The van der Waals surface area contributed by atoms with Crippen LogP contribution in [0, 0.1) is 6.92 Å². The zero-order chi connectivity index (χ0) is 11.1. The molecule has 3 rings (SSSR count). The molecule has 3 heterocycles. The Morgan fingerprint density at radius 1 is 1.38 bits per heavy atom. The van der Waals surface area contributed by atoms with Gasteiger partial charge in [-0.1, -0.05) is 17.7 Å². The van der Waals surface area contributed by atoms with E-state index in [0.29, 0.717) is 10.7 Å². The summed E-state index contributed by atoms with van der Waals surface area (Å²) < 4.78 is 1.80. The molecule has 0 aromatic carbocycles. The third kappa shape index (κ3) is 1.34. The van der Waals surface area contributed by atoms with Gasteiger partial charge < -0.3 is 0 Å². The minimum absolute atomic E-state index is 0.624. The Balaban J connectivity index is 2.38. The number of nitrogens with zero attached hydrogens (tertiary/aromatic N) is 3. The molecule has 0 atom stereocenters. The highest BCUT2D eigenvalue weighted by molar-refractivity contribution is 7.13. The van der Waals surface area contributed by atoms with Gasteiger partial charge in [0.1, 0.15) is 5.02 Å². The van der Waals surface area contributed by atoms with Crippen molar-refractivity contribution in [2.45, 2.75) is 6.92 Å². The summed E-state index contributed by atoms with van der Waals surface area (Å²) in [7, 11) is 0. The van der Waals surface area contributed by atoms with E-state index in [1.165, 1.54) is 0 Å². The second-order valence-corrected chi connectivity index (χ2v) is 4.77. The number of aryl methyl sites for hydroxylation is 1. The molecule has 0 aliphatic heterocycles. The van der Waals surface area contributed by atoms with Crippen LogP contribution in [0.1, 0.15) is 5.69 Å². The van der Waals surface area contributed by atoms with Gasteiger partial charge in [0, 0.05) is 6.20 Å². The van der Waals surface area contributed by atoms with Crippen LogP contribution in [0.2, 0.25) is 5.02 Å². The van der Waals surface area contributed by atoms with Crippen LogP contribution in [0.4, 0.5) is 0 Å². The molecule has 0 N–H and O–H groups in total. The highest BCUT2D eigenvalue weighted by atomic mass is 35.5. The lowest BCUT2D eigenvalue weighted by Gasteiger charge is -2.00. The highest BCUT2D eigenvalue weighted by Crippen LogP contribution is 2.27. The summed E-state index contributed by atoms with van der Waals surface area (Å²) in [6.07, 6.45) is 1.76. The summed E-state index contributed by atoms with van der Waals surface area (Å²) >= 11 is 7.81. The number of halogens is 1. The quantitative estimate of drug-likeness (QED) is 0.662. The fourth-order valence-corrected chi connectivity index (χ4v) is 2.54. The molecule has 80 valence electrons. The fourth-order valence-electron chi connectivity index (χ4n) is 1.64. The van der Waals surface area contributed by atoms with Crippen LogP contribution >= 0.6 is 22.9 Å². The minimum atomic E-state index is 0.624. The van der Waals surface area contributed by atoms with E-state index in [4.69, 9.17) is 11.6 Å². The SMILES string of the molecule is Cc1nn2c(-c3cccs3)ccnc2c1Cl. The molecule has 0 bridgehead atoms. The standard InChI is InChI=1S/C11H8ClN3S/c1-7-10(12)11-13-5-4-8(15(11)14-7)9-3-2-6-16-9/h2-6H,1H3. The number of rotatable bonds is 1. The second-order valence-electron chi connectivity index (χ2n) is 3.44. The summed E-state index contributed by atoms with van der Waals surface area (Å²) in [6.45, 7) is 1.88. The molecule has 0 saturated carbocycles. The normalized spacial score (nSPS) is 11.1. The Kier molecular flexibility index (Phi) is 2.19. The van der Waals surface area contributed by atoms with E-state index in [9.17, 15) is 0 Å². The van der Waals surface area contributed by atoms with E-state index in [2.05, 4.69) is 16.1 Å². The Bertz CT molecular complexity index is 643. The van der Waals surface area contributed by atoms with Crippen LogP contribution in [0.5, 0.6) is 0 Å². The van der Waals surface area contributed by atoms with Gasteiger partial charge in [-0.15, -0.1) is 11.3 Å². The van der Waals surface area contributed by atoms with Gasteiger partial charge in [-0.3, -0.25) is 0 Å².